The number of carbonyl (C=O) groups is 1. The van der Waals surface area contributed by atoms with Gasteiger partial charge in [0.15, 0.2) is 0 Å². The lowest BCUT2D eigenvalue weighted by molar-refractivity contribution is 0.0697. The predicted molar refractivity (Wildman–Crippen MR) is 136 cm³/mol. The van der Waals surface area contributed by atoms with Gasteiger partial charge < -0.3 is 5.11 Å². The number of aromatic carboxylic acids is 1. The number of aromatic nitrogens is 2. The Labute approximate surface area is 206 Å². The maximum Gasteiger partial charge on any atom is 0.336 e. The third kappa shape index (κ3) is 5.75. The van der Waals surface area contributed by atoms with Crippen molar-refractivity contribution in [2.75, 3.05) is 0 Å². The molecule has 6 heteroatoms. The largest absolute Gasteiger partial charge is 0.478 e. The summed E-state index contributed by atoms with van der Waals surface area (Å²) in [5, 5.41) is 9.50. The van der Waals surface area contributed by atoms with Crippen molar-refractivity contribution in [3.05, 3.63) is 81.8 Å². The molecule has 0 atom stereocenters. The number of halogens is 1. The topological polar surface area (TPSA) is 64.2 Å². The van der Waals surface area contributed by atoms with Crippen molar-refractivity contribution in [1.82, 2.24) is 9.13 Å². The summed E-state index contributed by atoms with van der Waals surface area (Å²) >= 11 is 0. The number of imidazole rings is 1. The molecule has 1 aliphatic rings. The van der Waals surface area contributed by atoms with Gasteiger partial charge in [0.25, 0.3) is 0 Å². The fourth-order valence-electron chi connectivity index (χ4n) is 5.12. The maximum atomic E-state index is 15.6. The van der Waals surface area contributed by atoms with Crippen LogP contribution < -0.4 is 5.69 Å². The Balaban J connectivity index is 1.63. The molecule has 0 amide bonds. The standard InChI is InChI=1S/C29H35FN2O3/c1-20(2)12-17-26-27(30)32(19-21-8-4-3-5-9-21)29(35)31(26)18-22-13-15-23(16-14-22)24-10-6-7-11-25(24)28(33)34/h6-7,10-11,13-16,20-21H,3-5,8-9,12,17-19H2,1-2H3,(H,33,34). The van der Waals surface area contributed by atoms with E-state index in [2.05, 4.69) is 13.8 Å². The van der Waals surface area contributed by atoms with Gasteiger partial charge in [0.1, 0.15) is 0 Å². The van der Waals surface area contributed by atoms with Gasteiger partial charge in [-0.2, -0.15) is 4.39 Å². The van der Waals surface area contributed by atoms with Crippen LogP contribution in [0.3, 0.4) is 0 Å². The fraction of sp³-hybridized carbons (Fsp3) is 0.448. The Hall–Kier alpha value is -3.15. The average Bonchev–Trinajstić information content (AvgIpc) is 3.07. The summed E-state index contributed by atoms with van der Waals surface area (Å²) < 4.78 is 18.5. The van der Waals surface area contributed by atoms with Gasteiger partial charge >= 0.3 is 11.7 Å². The molecule has 2 aromatic carbocycles. The molecule has 0 radical (unpaired) electrons. The van der Waals surface area contributed by atoms with Gasteiger partial charge in [-0.25, -0.2) is 9.59 Å². The second kappa shape index (κ2) is 11.1. The van der Waals surface area contributed by atoms with Crippen LogP contribution >= 0.6 is 0 Å². The van der Waals surface area contributed by atoms with E-state index < -0.39 is 5.97 Å². The van der Waals surface area contributed by atoms with Crippen LogP contribution in [0.4, 0.5) is 4.39 Å². The molecule has 0 unspecified atom stereocenters. The molecule has 1 N–H and O–H groups in total. The van der Waals surface area contributed by atoms with Crippen LogP contribution in [0.25, 0.3) is 11.1 Å². The van der Waals surface area contributed by atoms with Crippen molar-refractivity contribution in [3.63, 3.8) is 0 Å². The third-order valence-electron chi connectivity index (χ3n) is 7.15. The Morgan fingerprint density at radius 3 is 2.37 bits per heavy atom. The quantitative estimate of drug-likeness (QED) is 0.389. The average molecular weight is 479 g/mol. The van der Waals surface area contributed by atoms with Crippen molar-refractivity contribution in [1.29, 1.82) is 0 Å². The Morgan fingerprint density at radius 2 is 1.71 bits per heavy atom. The van der Waals surface area contributed by atoms with Crippen LogP contribution in [0.15, 0.2) is 53.3 Å². The fourth-order valence-corrected chi connectivity index (χ4v) is 5.12. The molecule has 3 aromatic rings. The molecule has 0 aliphatic heterocycles. The van der Waals surface area contributed by atoms with Crippen molar-refractivity contribution in [3.8, 4) is 11.1 Å². The molecule has 1 fully saturated rings. The first kappa shape index (κ1) is 25.0. The van der Waals surface area contributed by atoms with E-state index in [1.807, 2.05) is 30.3 Å². The van der Waals surface area contributed by atoms with Crippen LogP contribution in [-0.2, 0) is 19.5 Å². The molecule has 1 saturated carbocycles. The highest BCUT2D eigenvalue weighted by molar-refractivity contribution is 5.95. The van der Waals surface area contributed by atoms with Gasteiger partial charge in [0.2, 0.25) is 5.95 Å². The zero-order valence-electron chi connectivity index (χ0n) is 20.7. The minimum absolute atomic E-state index is 0.245. The maximum absolute atomic E-state index is 15.6. The molecule has 4 rings (SSSR count). The molecular weight excluding hydrogens is 443 g/mol. The van der Waals surface area contributed by atoms with Crippen LogP contribution in [0, 0.1) is 17.8 Å². The van der Waals surface area contributed by atoms with Crippen molar-refractivity contribution in [2.24, 2.45) is 11.8 Å². The van der Waals surface area contributed by atoms with Gasteiger partial charge in [-0.05, 0) is 60.3 Å². The van der Waals surface area contributed by atoms with Crippen LogP contribution in [-0.4, -0.2) is 20.2 Å². The zero-order chi connectivity index (χ0) is 24.9. The number of carboxylic acids is 1. The Bertz CT molecular complexity index is 1220. The molecule has 0 saturated heterocycles. The summed E-state index contributed by atoms with van der Waals surface area (Å²) in [6.45, 7) is 4.96. The summed E-state index contributed by atoms with van der Waals surface area (Å²) in [4.78, 5) is 25.0. The molecule has 1 heterocycles. The van der Waals surface area contributed by atoms with E-state index in [9.17, 15) is 14.7 Å². The number of nitrogens with zero attached hydrogens (tertiary/aromatic N) is 2. The Morgan fingerprint density at radius 1 is 1.03 bits per heavy atom. The van der Waals surface area contributed by atoms with E-state index in [0.717, 1.165) is 43.2 Å². The van der Waals surface area contributed by atoms with Gasteiger partial charge in [-0.15, -0.1) is 0 Å². The molecule has 0 spiro atoms. The molecule has 1 aliphatic carbocycles. The van der Waals surface area contributed by atoms with Crippen molar-refractivity contribution in [2.45, 2.75) is 71.9 Å². The summed E-state index contributed by atoms with van der Waals surface area (Å²) in [7, 11) is 0. The van der Waals surface area contributed by atoms with Crippen molar-refractivity contribution >= 4 is 5.97 Å². The van der Waals surface area contributed by atoms with Crippen LogP contribution in [0.2, 0.25) is 0 Å². The van der Waals surface area contributed by atoms with Crippen molar-refractivity contribution < 1.29 is 14.3 Å². The second-order valence-corrected chi connectivity index (χ2v) is 10.2. The SMILES string of the molecule is CC(C)CCc1c(F)n(CC2CCCCC2)c(=O)n1Cc1ccc(-c2ccccc2C(=O)O)cc1. The molecule has 186 valence electrons. The highest BCUT2D eigenvalue weighted by Crippen LogP contribution is 2.27. The number of rotatable bonds is 9. The first-order chi connectivity index (χ1) is 16.8. The minimum Gasteiger partial charge on any atom is -0.478 e. The monoisotopic (exact) mass is 478 g/mol. The first-order valence-corrected chi connectivity index (χ1v) is 12.7. The lowest BCUT2D eigenvalue weighted by Gasteiger charge is -2.21. The van der Waals surface area contributed by atoms with E-state index in [1.54, 1.807) is 22.8 Å². The summed E-state index contributed by atoms with van der Waals surface area (Å²) in [5.74, 6) is -0.583. The second-order valence-electron chi connectivity index (χ2n) is 10.2. The molecule has 5 nitrogen and oxygen atoms in total. The normalized spacial score (nSPS) is 14.5. The third-order valence-corrected chi connectivity index (χ3v) is 7.15. The molecule has 35 heavy (non-hydrogen) atoms. The van der Waals surface area contributed by atoms with E-state index in [1.165, 1.54) is 11.0 Å². The number of hydrogen-bond donors (Lipinski definition) is 1. The lowest BCUT2D eigenvalue weighted by Crippen LogP contribution is -2.29. The van der Waals surface area contributed by atoms with E-state index in [-0.39, 0.29) is 17.2 Å². The van der Waals surface area contributed by atoms with Gasteiger partial charge in [0, 0.05) is 6.54 Å². The van der Waals surface area contributed by atoms with Gasteiger partial charge in [0.05, 0.1) is 17.8 Å². The van der Waals surface area contributed by atoms with Gasteiger partial charge in [-0.3, -0.25) is 9.13 Å². The van der Waals surface area contributed by atoms with E-state index in [0.29, 0.717) is 42.6 Å². The minimum atomic E-state index is -0.971. The summed E-state index contributed by atoms with van der Waals surface area (Å²) in [6, 6.07) is 14.4. The number of hydrogen-bond acceptors (Lipinski definition) is 2. The highest BCUT2D eigenvalue weighted by Gasteiger charge is 2.23. The highest BCUT2D eigenvalue weighted by atomic mass is 19.1. The smallest absolute Gasteiger partial charge is 0.336 e. The zero-order valence-corrected chi connectivity index (χ0v) is 20.7. The first-order valence-electron chi connectivity index (χ1n) is 12.7. The van der Waals surface area contributed by atoms with Crippen LogP contribution in [0.5, 0.6) is 0 Å². The van der Waals surface area contributed by atoms with E-state index in [4.69, 9.17) is 0 Å². The molecule has 0 bridgehead atoms. The van der Waals surface area contributed by atoms with Crippen LogP contribution in [0.1, 0.15) is 74.0 Å². The number of benzene rings is 2. The Kier molecular flexibility index (Phi) is 7.89. The van der Waals surface area contributed by atoms with Gasteiger partial charge in [-0.1, -0.05) is 75.6 Å². The summed E-state index contributed by atoms with van der Waals surface area (Å²) in [5.41, 5.74) is 2.77. The molecule has 1 aromatic heterocycles. The predicted octanol–water partition coefficient (Wildman–Crippen LogP) is 6.37. The molecular formula is C29H35FN2O3. The summed E-state index contributed by atoms with van der Waals surface area (Å²) in [6.07, 6.45) is 6.98. The lowest BCUT2D eigenvalue weighted by atomic mass is 9.89. The van der Waals surface area contributed by atoms with E-state index >= 15 is 4.39 Å². The number of carboxylic acid groups (broad SMARTS) is 1.